The fourth-order valence-electron chi connectivity index (χ4n) is 3.87. The first kappa shape index (κ1) is 13.6. The van der Waals surface area contributed by atoms with E-state index in [-0.39, 0.29) is 11.6 Å². The zero-order chi connectivity index (χ0) is 14.3. The molecule has 0 heterocycles. The molecular weight excluding hydrogens is 253 g/mol. The van der Waals surface area contributed by atoms with Gasteiger partial charge in [0.05, 0.1) is 0 Å². The normalized spacial score (nSPS) is 28.8. The zero-order valence-electron chi connectivity index (χ0n) is 12.1. The number of hydrogen-bond acceptors (Lipinski definition) is 2. The Balaban J connectivity index is 2.02. The summed E-state index contributed by atoms with van der Waals surface area (Å²) in [7, 11) is 4.13. The van der Waals surface area contributed by atoms with E-state index in [0.29, 0.717) is 23.3 Å². The quantitative estimate of drug-likeness (QED) is 0.912. The number of fused-ring (bicyclic) bond motifs is 2. The van der Waals surface area contributed by atoms with E-state index in [9.17, 15) is 9.50 Å². The molecule has 2 bridgehead atoms. The summed E-state index contributed by atoms with van der Waals surface area (Å²) in [5.74, 6) is 1.54. The highest BCUT2D eigenvalue weighted by molar-refractivity contribution is 5.70. The second kappa shape index (κ2) is 5.21. The van der Waals surface area contributed by atoms with Crippen molar-refractivity contribution in [3.05, 3.63) is 35.7 Å². The molecule has 2 aliphatic rings. The fraction of sp³-hybridized carbons (Fsp3) is 0.529. The summed E-state index contributed by atoms with van der Waals surface area (Å²) in [5, 5.41) is 9.68. The Labute approximate surface area is 119 Å². The predicted molar refractivity (Wildman–Crippen MR) is 78.9 cm³/mol. The number of rotatable bonds is 3. The maximum atomic E-state index is 14.2. The fourth-order valence-corrected chi connectivity index (χ4v) is 3.87. The van der Waals surface area contributed by atoms with Crippen molar-refractivity contribution in [3.63, 3.8) is 0 Å². The smallest absolute Gasteiger partial charge is 0.130 e. The van der Waals surface area contributed by atoms with Gasteiger partial charge < -0.3 is 10.0 Å². The van der Waals surface area contributed by atoms with Crippen LogP contribution in [0, 0.1) is 23.6 Å². The molecule has 1 N–H and O–H groups in total. The molecule has 3 atom stereocenters. The molecule has 3 unspecified atom stereocenters. The molecule has 0 spiro atoms. The number of hydrogen-bond donors (Lipinski definition) is 1. The van der Waals surface area contributed by atoms with Crippen molar-refractivity contribution < 1.29 is 9.50 Å². The average molecular weight is 275 g/mol. The van der Waals surface area contributed by atoms with Gasteiger partial charge >= 0.3 is 0 Å². The molecular formula is C17H22FNO. The summed E-state index contributed by atoms with van der Waals surface area (Å²) >= 11 is 0. The molecule has 3 rings (SSSR count). The van der Waals surface area contributed by atoms with Crippen LogP contribution in [0.2, 0.25) is 0 Å². The summed E-state index contributed by atoms with van der Waals surface area (Å²) in [5.41, 5.74) is 1.69. The van der Waals surface area contributed by atoms with Crippen LogP contribution in [0.25, 0.3) is 5.57 Å². The number of halogens is 1. The van der Waals surface area contributed by atoms with Gasteiger partial charge in [0.15, 0.2) is 0 Å². The van der Waals surface area contributed by atoms with Crippen LogP contribution in [0.5, 0.6) is 5.75 Å². The molecule has 0 radical (unpaired) electrons. The maximum Gasteiger partial charge on any atom is 0.130 e. The Bertz CT molecular complexity index is 538. The lowest BCUT2D eigenvalue weighted by Gasteiger charge is -2.32. The lowest BCUT2D eigenvalue weighted by Crippen LogP contribution is -2.29. The van der Waals surface area contributed by atoms with Crippen molar-refractivity contribution in [2.24, 2.45) is 17.8 Å². The van der Waals surface area contributed by atoms with Gasteiger partial charge in [-0.05, 0) is 74.9 Å². The number of nitrogens with zero attached hydrogens (tertiary/aromatic N) is 1. The molecule has 2 nitrogen and oxygen atoms in total. The van der Waals surface area contributed by atoms with Crippen LogP contribution in [0.4, 0.5) is 4.39 Å². The van der Waals surface area contributed by atoms with E-state index in [4.69, 9.17) is 0 Å². The van der Waals surface area contributed by atoms with Crippen LogP contribution in [-0.4, -0.2) is 30.6 Å². The summed E-state index contributed by atoms with van der Waals surface area (Å²) in [4.78, 5) is 2.18. The van der Waals surface area contributed by atoms with Gasteiger partial charge in [-0.3, -0.25) is 0 Å². The second-order valence-electron chi connectivity index (χ2n) is 6.49. The maximum absolute atomic E-state index is 14.2. The van der Waals surface area contributed by atoms with Gasteiger partial charge in [-0.25, -0.2) is 4.39 Å². The average Bonchev–Trinajstić information content (AvgIpc) is 2.79. The van der Waals surface area contributed by atoms with Crippen LogP contribution < -0.4 is 0 Å². The Morgan fingerprint density at radius 2 is 2.10 bits per heavy atom. The molecule has 108 valence electrons. The lowest BCUT2D eigenvalue weighted by molar-refractivity contribution is 0.289. The first-order valence-electron chi connectivity index (χ1n) is 7.40. The van der Waals surface area contributed by atoms with Crippen LogP contribution in [0.1, 0.15) is 24.8 Å². The third-order valence-electron chi connectivity index (χ3n) is 4.72. The first-order valence-corrected chi connectivity index (χ1v) is 7.40. The molecule has 1 saturated carbocycles. The Kier molecular flexibility index (Phi) is 3.55. The number of benzene rings is 1. The predicted octanol–water partition coefficient (Wildman–Crippen LogP) is 3.52. The Hall–Kier alpha value is -1.35. The molecule has 1 aromatic rings. The van der Waals surface area contributed by atoms with Gasteiger partial charge in [-0.15, -0.1) is 0 Å². The summed E-state index contributed by atoms with van der Waals surface area (Å²) in [6.07, 6.45) is 5.96. The number of aromatic hydroxyl groups is 1. The molecule has 20 heavy (non-hydrogen) atoms. The third-order valence-corrected chi connectivity index (χ3v) is 4.72. The van der Waals surface area contributed by atoms with Gasteiger partial charge in [0.1, 0.15) is 11.6 Å². The number of allylic oxidation sites excluding steroid dienone is 1. The van der Waals surface area contributed by atoms with Crippen molar-refractivity contribution >= 4 is 5.57 Å². The first-order chi connectivity index (χ1) is 9.54. The molecule has 2 aliphatic carbocycles. The molecule has 0 aliphatic heterocycles. The van der Waals surface area contributed by atoms with Crippen molar-refractivity contribution in [2.45, 2.75) is 19.3 Å². The van der Waals surface area contributed by atoms with Crippen molar-refractivity contribution in [3.8, 4) is 5.75 Å². The molecule has 0 aromatic heterocycles. The minimum Gasteiger partial charge on any atom is -0.508 e. The van der Waals surface area contributed by atoms with E-state index in [2.05, 4.69) is 25.1 Å². The van der Waals surface area contributed by atoms with Crippen molar-refractivity contribution in [1.29, 1.82) is 0 Å². The topological polar surface area (TPSA) is 23.5 Å². The summed E-state index contributed by atoms with van der Waals surface area (Å²) in [6, 6.07) is 4.36. The SMILES string of the molecule is CN(C)CC1C(c2cc(O)ccc2F)=CC2CCC1C2. The van der Waals surface area contributed by atoms with Gasteiger partial charge in [-0.2, -0.15) is 0 Å². The summed E-state index contributed by atoms with van der Waals surface area (Å²) in [6.45, 7) is 0.943. The second-order valence-corrected chi connectivity index (χ2v) is 6.49. The van der Waals surface area contributed by atoms with E-state index in [1.807, 2.05) is 0 Å². The summed E-state index contributed by atoms with van der Waals surface area (Å²) < 4.78 is 14.2. The van der Waals surface area contributed by atoms with E-state index >= 15 is 0 Å². The third kappa shape index (κ3) is 2.47. The Morgan fingerprint density at radius 3 is 2.85 bits per heavy atom. The lowest BCUT2D eigenvalue weighted by atomic mass is 9.76. The van der Waals surface area contributed by atoms with Crippen molar-refractivity contribution in [2.75, 3.05) is 20.6 Å². The Morgan fingerprint density at radius 1 is 1.30 bits per heavy atom. The standard InChI is InChI=1S/C17H22FNO/c1-19(2)10-16-12-4-3-11(7-12)8-14(16)15-9-13(20)5-6-17(15)18/h5-6,8-9,11-12,16,20H,3-4,7,10H2,1-2H3. The van der Waals surface area contributed by atoms with Gasteiger partial charge in [0.25, 0.3) is 0 Å². The highest BCUT2D eigenvalue weighted by Gasteiger charge is 2.37. The molecule has 0 saturated heterocycles. The monoisotopic (exact) mass is 275 g/mol. The zero-order valence-corrected chi connectivity index (χ0v) is 12.1. The van der Waals surface area contributed by atoms with E-state index in [1.165, 1.54) is 31.4 Å². The van der Waals surface area contributed by atoms with Gasteiger partial charge in [-0.1, -0.05) is 6.08 Å². The molecule has 1 aromatic carbocycles. The van der Waals surface area contributed by atoms with Crippen molar-refractivity contribution in [1.82, 2.24) is 4.90 Å². The van der Waals surface area contributed by atoms with Gasteiger partial charge in [0.2, 0.25) is 0 Å². The van der Waals surface area contributed by atoms with E-state index in [1.54, 1.807) is 6.07 Å². The van der Waals surface area contributed by atoms with Crippen LogP contribution in [0.3, 0.4) is 0 Å². The highest BCUT2D eigenvalue weighted by atomic mass is 19.1. The van der Waals surface area contributed by atoms with Crippen LogP contribution in [-0.2, 0) is 0 Å². The van der Waals surface area contributed by atoms with E-state index < -0.39 is 0 Å². The molecule has 1 fully saturated rings. The molecule has 0 amide bonds. The largest absolute Gasteiger partial charge is 0.508 e. The molecule has 3 heteroatoms. The minimum atomic E-state index is -0.223. The minimum absolute atomic E-state index is 0.142. The van der Waals surface area contributed by atoms with E-state index in [0.717, 1.165) is 12.1 Å². The van der Waals surface area contributed by atoms with Crippen LogP contribution in [0.15, 0.2) is 24.3 Å². The van der Waals surface area contributed by atoms with Crippen LogP contribution >= 0.6 is 0 Å². The number of phenols is 1. The van der Waals surface area contributed by atoms with Gasteiger partial charge in [0, 0.05) is 12.1 Å². The number of phenolic OH excluding ortho intramolecular Hbond substituents is 1. The highest BCUT2D eigenvalue weighted by Crippen LogP contribution is 2.48.